The first-order chi connectivity index (χ1) is 8.89. The van der Waals surface area contributed by atoms with E-state index in [2.05, 4.69) is 27.6 Å². The van der Waals surface area contributed by atoms with Crippen LogP contribution in [0, 0.1) is 3.57 Å². The van der Waals surface area contributed by atoms with Crippen LogP contribution < -0.4 is 5.73 Å². The van der Waals surface area contributed by atoms with Gasteiger partial charge in [-0.15, -0.1) is 0 Å². The monoisotopic (exact) mass is 378 g/mol. The van der Waals surface area contributed by atoms with Gasteiger partial charge in [-0.25, -0.2) is 0 Å². The molecular weight excluding hydrogens is 368 g/mol. The number of benzene rings is 1. The summed E-state index contributed by atoms with van der Waals surface area (Å²) in [6.45, 7) is 0. The molecule has 0 saturated heterocycles. The van der Waals surface area contributed by atoms with Crippen molar-refractivity contribution in [1.29, 1.82) is 0 Å². The number of nitrogens with two attached hydrogens (primary N) is 1. The van der Waals surface area contributed by atoms with Gasteiger partial charge in [-0.3, -0.25) is 4.98 Å². The Bertz CT molecular complexity index is 567. The highest BCUT2D eigenvalue weighted by atomic mass is 127. The van der Waals surface area contributed by atoms with Gasteiger partial charge in [-0.05, 0) is 52.4 Å². The molecule has 0 bridgehead atoms. The van der Waals surface area contributed by atoms with E-state index in [4.69, 9.17) is 5.73 Å². The first-order valence-electron chi connectivity index (χ1n) is 5.43. The summed E-state index contributed by atoms with van der Waals surface area (Å²) >= 11 is 2.12. The fourth-order valence-electron chi connectivity index (χ4n) is 1.73. The summed E-state index contributed by atoms with van der Waals surface area (Å²) in [7, 11) is 0. The minimum absolute atomic E-state index is 0.156. The standard InChI is InChI=1S/C13H10F3IN2/c14-13(15,16)10-2-1-7-19-12(10)11(18)8-3-5-9(17)6-4-8/h1-7,11H,18H2. The van der Waals surface area contributed by atoms with Crippen molar-refractivity contribution in [3.63, 3.8) is 0 Å². The molecule has 100 valence electrons. The van der Waals surface area contributed by atoms with E-state index in [1.807, 2.05) is 0 Å². The molecule has 0 fully saturated rings. The third-order valence-electron chi connectivity index (χ3n) is 2.67. The Kier molecular flexibility index (Phi) is 4.10. The molecule has 2 aromatic rings. The van der Waals surface area contributed by atoms with Gasteiger partial charge >= 0.3 is 6.18 Å². The predicted molar refractivity (Wildman–Crippen MR) is 74.4 cm³/mol. The van der Waals surface area contributed by atoms with Crippen LogP contribution in [-0.4, -0.2) is 4.98 Å². The van der Waals surface area contributed by atoms with Crippen LogP contribution in [0.15, 0.2) is 42.6 Å². The summed E-state index contributed by atoms with van der Waals surface area (Å²) in [4.78, 5) is 3.80. The quantitative estimate of drug-likeness (QED) is 0.809. The molecule has 1 atom stereocenters. The van der Waals surface area contributed by atoms with E-state index in [-0.39, 0.29) is 5.69 Å². The Morgan fingerprint density at radius 2 is 1.74 bits per heavy atom. The van der Waals surface area contributed by atoms with Crippen molar-refractivity contribution >= 4 is 22.6 Å². The maximum absolute atomic E-state index is 12.9. The lowest BCUT2D eigenvalue weighted by atomic mass is 10.00. The minimum Gasteiger partial charge on any atom is -0.319 e. The Morgan fingerprint density at radius 1 is 1.11 bits per heavy atom. The van der Waals surface area contributed by atoms with E-state index in [0.29, 0.717) is 5.56 Å². The van der Waals surface area contributed by atoms with Crippen LogP contribution in [0.4, 0.5) is 13.2 Å². The molecule has 0 spiro atoms. The molecule has 6 heteroatoms. The van der Waals surface area contributed by atoms with E-state index in [0.717, 1.165) is 9.64 Å². The summed E-state index contributed by atoms with van der Waals surface area (Å²) in [6.07, 6.45) is -3.14. The molecule has 1 unspecified atom stereocenters. The maximum atomic E-state index is 12.9. The summed E-state index contributed by atoms with van der Waals surface area (Å²) in [5, 5.41) is 0. The predicted octanol–water partition coefficient (Wildman–Crippen LogP) is 3.75. The highest BCUT2D eigenvalue weighted by Crippen LogP contribution is 2.34. The van der Waals surface area contributed by atoms with E-state index in [1.54, 1.807) is 24.3 Å². The van der Waals surface area contributed by atoms with Crippen molar-refractivity contribution in [1.82, 2.24) is 4.98 Å². The van der Waals surface area contributed by atoms with Gasteiger partial charge in [0.15, 0.2) is 0 Å². The van der Waals surface area contributed by atoms with E-state index < -0.39 is 17.8 Å². The number of alkyl halides is 3. The zero-order valence-electron chi connectivity index (χ0n) is 9.66. The van der Waals surface area contributed by atoms with Gasteiger partial charge in [-0.1, -0.05) is 12.1 Å². The molecule has 1 aromatic heterocycles. The minimum atomic E-state index is -4.45. The summed E-state index contributed by atoms with van der Waals surface area (Å²) < 4.78 is 39.7. The fourth-order valence-corrected chi connectivity index (χ4v) is 2.09. The summed E-state index contributed by atoms with van der Waals surface area (Å²) in [6, 6.07) is 8.37. The second-order valence-corrected chi connectivity index (χ2v) is 5.21. The summed E-state index contributed by atoms with van der Waals surface area (Å²) in [5.74, 6) is 0. The summed E-state index contributed by atoms with van der Waals surface area (Å²) in [5.41, 5.74) is 5.55. The number of nitrogens with zero attached hydrogens (tertiary/aromatic N) is 1. The van der Waals surface area contributed by atoms with Crippen molar-refractivity contribution in [2.24, 2.45) is 5.73 Å². The first kappa shape index (κ1) is 14.3. The topological polar surface area (TPSA) is 38.9 Å². The Hall–Kier alpha value is -1.15. The van der Waals surface area contributed by atoms with Crippen LogP contribution >= 0.6 is 22.6 Å². The molecule has 2 N–H and O–H groups in total. The van der Waals surface area contributed by atoms with Crippen molar-refractivity contribution in [2.75, 3.05) is 0 Å². The Labute approximate surface area is 122 Å². The number of hydrogen-bond donors (Lipinski definition) is 1. The highest BCUT2D eigenvalue weighted by molar-refractivity contribution is 14.1. The molecule has 1 heterocycles. The average Bonchev–Trinajstić information content (AvgIpc) is 2.38. The van der Waals surface area contributed by atoms with Crippen molar-refractivity contribution in [3.8, 4) is 0 Å². The maximum Gasteiger partial charge on any atom is 0.418 e. The smallest absolute Gasteiger partial charge is 0.319 e. The van der Waals surface area contributed by atoms with Gasteiger partial charge < -0.3 is 5.73 Å². The van der Waals surface area contributed by atoms with Crippen LogP contribution in [0.5, 0.6) is 0 Å². The van der Waals surface area contributed by atoms with Crippen LogP contribution in [0.2, 0.25) is 0 Å². The number of hydrogen-bond acceptors (Lipinski definition) is 2. The highest BCUT2D eigenvalue weighted by Gasteiger charge is 2.35. The fraction of sp³-hybridized carbons (Fsp3) is 0.154. The van der Waals surface area contributed by atoms with Gasteiger partial charge in [0.25, 0.3) is 0 Å². The van der Waals surface area contributed by atoms with Gasteiger partial charge in [0, 0.05) is 9.77 Å². The van der Waals surface area contributed by atoms with E-state index in [1.165, 1.54) is 12.3 Å². The van der Waals surface area contributed by atoms with Crippen molar-refractivity contribution in [3.05, 3.63) is 63.0 Å². The normalized spacial score (nSPS) is 13.3. The molecule has 0 aliphatic carbocycles. The molecule has 19 heavy (non-hydrogen) atoms. The van der Waals surface area contributed by atoms with E-state index >= 15 is 0 Å². The van der Waals surface area contributed by atoms with Gasteiger partial charge in [0.2, 0.25) is 0 Å². The molecule has 0 radical (unpaired) electrons. The average molecular weight is 378 g/mol. The lowest BCUT2D eigenvalue weighted by molar-refractivity contribution is -0.138. The second-order valence-electron chi connectivity index (χ2n) is 3.96. The molecule has 2 nitrogen and oxygen atoms in total. The van der Waals surface area contributed by atoms with Gasteiger partial charge in [0.05, 0.1) is 17.3 Å². The molecule has 0 amide bonds. The Balaban J connectivity index is 2.44. The molecule has 0 aliphatic rings. The Morgan fingerprint density at radius 3 is 2.32 bits per heavy atom. The lowest BCUT2D eigenvalue weighted by Gasteiger charge is -2.17. The third-order valence-corrected chi connectivity index (χ3v) is 3.39. The lowest BCUT2D eigenvalue weighted by Crippen LogP contribution is -2.20. The zero-order valence-corrected chi connectivity index (χ0v) is 11.8. The van der Waals surface area contributed by atoms with Gasteiger partial charge in [0.1, 0.15) is 0 Å². The number of pyridine rings is 1. The van der Waals surface area contributed by atoms with Gasteiger partial charge in [-0.2, -0.15) is 13.2 Å². The van der Waals surface area contributed by atoms with Crippen LogP contribution in [0.25, 0.3) is 0 Å². The van der Waals surface area contributed by atoms with Crippen molar-refractivity contribution < 1.29 is 13.2 Å². The van der Waals surface area contributed by atoms with Crippen molar-refractivity contribution in [2.45, 2.75) is 12.2 Å². The molecule has 1 aromatic carbocycles. The van der Waals surface area contributed by atoms with E-state index in [9.17, 15) is 13.2 Å². The van der Waals surface area contributed by atoms with Crippen LogP contribution in [-0.2, 0) is 6.18 Å². The molecular formula is C13H10F3IN2. The second kappa shape index (κ2) is 5.46. The molecule has 0 saturated carbocycles. The molecule has 2 rings (SSSR count). The SMILES string of the molecule is NC(c1ccc(I)cc1)c1ncccc1C(F)(F)F. The first-order valence-corrected chi connectivity index (χ1v) is 6.50. The largest absolute Gasteiger partial charge is 0.418 e. The number of rotatable bonds is 2. The van der Waals surface area contributed by atoms with Crippen LogP contribution in [0.3, 0.4) is 0 Å². The number of aromatic nitrogens is 1. The zero-order chi connectivity index (χ0) is 14.0. The number of halogens is 4. The van der Waals surface area contributed by atoms with Crippen LogP contribution in [0.1, 0.15) is 22.9 Å². The molecule has 0 aliphatic heterocycles. The third kappa shape index (κ3) is 3.24.